The van der Waals surface area contributed by atoms with Gasteiger partial charge in [0.25, 0.3) is 0 Å². The van der Waals surface area contributed by atoms with Crippen LogP contribution in [0.4, 0.5) is 10.5 Å². The van der Waals surface area contributed by atoms with Crippen molar-refractivity contribution in [3.05, 3.63) is 132 Å². The van der Waals surface area contributed by atoms with Crippen molar-refractivity contribution in [2.45, 2.75) is 88.9 Å². The Bertz CT molecular complexity index is 2530. The second kappa shape index (κ2) is 16.3. The zero-order valence-corrected chi connectivity index (χ0v) is 35.4. The van der Waals surface area contributed by atoms with Gasteiger partial charge in [-0.1, -0.05) is 85.8 Å². The highest BCUT2D eigenvalue weighted by Crippen LogP contribution is 2.64. The van der Waals surface area contributed by atoms with Crippen LogP contribution >= 0.6 is 0 Å². The van der Waals surface area contributed by atoms with Gasteiger partial charge in [0, 0.05) is 40.4 Å². The maximum Gasteiger partial charge on any atom is 0.407 e. The van der Waals surface area contributed by atoms with Crippen molar-refractivity contribution in [1.82, 2.24) is 30.1 Å². The van der Waals surface area contributed by atoms with Crippen LogP contribution in [0.15, 0.2) is 115 Å². The zero-order valence-electron chi connectivity index (χ0n) is 35.4. The van der Waals surface area contributed by atoms with Gasteiger partial charge in [0.05, 0.1) is 36.0 Å². The van der Waals surface area contributed by atoms with E-state index in [4.69, 9.17) is 9.72 Å². The summed E-state index contributed by atoms with van der Waals surface area (Å²) in [6, 6.07) is 36.6. The molecule has 3 heterocycles. The third kappa shape index (κ3) is 7.83. The van der Waals surface area contributed by atoms with Crippen molar-refractivity contribution < 1.29 is 19.1 Å². The Kier molecular flexibility index (Phi) is 10.8. The molecule has 2 aliphatic carbocycles. The number of fused-ring (bicyclic) bond motifs is 2. The molecule has 3 unspecified atom stereocenters. The molecule has 2 aromatic heterocycles. The van der Waals surface area contributed by atoms with Crippen LogP contribution in [0.3, 0.4) is 0 Å². The number of likely N-dealkylation sites (tertiary alicyclic amines) is 1. The topological polar surface area (TPSA) is 135 Å². The van der Waals surface area contributed by atoms with Crippen LogP contribution in [0.5, 0.6) is 0 Å². The lowest BCUT2D eigenvalue weighted by atomic mass is 9.92. The number of aromatic nitrogens is 3. The van der Waals surface area contributed by atoms with Crippen LogP contribution in [0.1, 0.15) is 70.3 Å². The Labute approximate surface area is 357 Å². The summed E-state index contributed by atoms with van der Waals surface area (Å²) in [7, 11) is 0. The van der Waals surface area contributed by atoms with Gasteiger partial charge in [-0.15, -0.1) is 0 Å². The molecule has 11 nitrogen and oxygen atoms in total. The number of imidazole rings is 1. The van der Waals surface area contributed by atoms with Gasteiger partial charge in [-0.05, 0) is 112 Å². The number of carbonyl (C=O) groups is 3. The lowest BCUT2D eigenvalue weighted by Gasteiger charge is -2.32. The Morgan fingerprint density at radius 2 is 1.62 bits per heavy atom. The van der Waals surface area contributed by atoms with E-state index in [0.717, 1.165) is 82.7 Å². The summed E-state index contributed by atoms with van der Waals surface area (Å²) in [5.41, 5.74) is 6.53. The van der Waals surface area contributed by atoms with E-state index in [9.17, 15) is 14.4 Å². The molecule has 4 N–H and O–H groups in total. The Balaban J connectivity index is 0.875. The number of ether oxygens (including phenoxy) is 1. The Hall–Kier alpha value is -6.20. The number of aromatic amines is 2. The molecule has 1 aliphatic heterocycles. The van der Waals surface area contributed by atoms with Gasteiger partial charge in [0.15, 0.2) is 0 Å². The van der Waals surface area contributed by atoms with Crippen molar-refractivity contribution >= 4 is 34.5 Å². The van der Waals surface area contributed by atoms with E-state index >= 15 is 0 Å². The van der Waals surface area contributed by atoms with E-state index in [2.05, 4.69) is 87.9 Å². The first kappa shape index (κ1) is 40.2. The molecule has 3 amide bonds. The first-order chi connectivity index (χ1) is 29.6. The highest BCUT2D eigenvalue weighted by atomic mass is 16.6. The fraction of sp³-hybridized carbons (Fsp3) is 0.360. The van der Waals surface area contributed by atoms with E-state index < -0.39 is 17.0 Å². The second-order valence-electron chi connectivity index (χ2n) is 17.5. The quantitative estimate of drug-likeness (QED) is 0.0819. The van der Waals surface area contributed by atoms with Crippen LogP contribution in [0, 0.1) is 5.92 Å². The number of piperidine rings is 1. The lowest BCUT2D eigenvalue weighted by Crippen LogP contribution is -2.48. The van der Waals surface area contributed by atoms with Crippen LogP contribution in [-0.2, 0) is 31.7 Å². The summed E-state index contributed by atoms with van der Waals surface area (Å²) < 4.78 is 5.39. The first-order valence-corrected chi connectivity index (χ1v) is 21.8. The number of hydrogen-bond acceptors (Lipinski definition) is 6. The monoisotopic (exact) mass is 817 g/mol. The fourth-order valence-corrected chi connectivity index (χ4v) is 9.74. The molecule has 2 saturated carbocycles. The van der Waals surface area contributed by atoms with E-state index in [1.807, 2.05) is 85.6 Å². The molecule has 61 heavy (non-hydrogen) atoms. The standard InChI is InChI=1S/C50H55N7O4/c1-5-23-56(33(4)25-34-12-8-6-9-13-34)31-45(58)52-40-19-16-35(17-20-40)42-27-37-26-36(18-21-41(37)53-42)43-30-51-46(54-43)50-28-39(50)22-24-57(50)47(59)49(38-14-10-7-11-15-38)29-44(49)55-48(60)61-32(2)3/h6-21,26-27,30,32-33,39,44,53H,5,22-25,28-29,31H2,1-4H3,(H,51,54)(H,52,58)(H,55,60)/t33?,39-,44?,49?,50+/m0/s1. The average molecular weight is 818 g/mol. The third-order valence-electron chi connectivity index (χ3n) is 13.0. The van der Waals surface area contributed by atoms with Gasteiger partial charge in [0.2, 0.25) is 11.8 Å². The normalized spacial score (nSPS) is 22.0. The molecule has 9 rings (SSSR count). The minimum atomic E-state index is -0.847. The predicted molar refractivity (Wildman–Crippen MR) is 239 cm³/mol. The van der Waals surface area contributed by atoms with E-state index in [1.54, 1.807) is 0 Å². The molecule has 3 fully saturated rings. The number of carbonyl (C=O) groups excluding carboxylic acids is 3. The average Bonchev–Trinajstić information content (AvgIpc) is 3.89. The highest BCUT2D eigenvalue weighted by molar-refractivity contribution is 5.96. The van der Waals surface area contributed by atoms with Gasteiger partial charge in [-0.25, -0.2) is 9.78 Å². The Morgan fingerprint density at radius 1 is 0.885 bits per heavy atom. The first-order valence-electron chi connectivity index (χ1n) is 21.8. The van der Waals surface area contributed by atoms with Crippen molar-refractivity contribution in [2.75, 3.05) is 25.0 Å². The smallest absolute Gasteiger partial charge is 0.407 e. The molecular weight excluding hydrogens is 763 g/mol. The molecule has 5 atom stereocenters. The maximum absolute atomic E-state index is 14.8. The summed E-state index contributed by atoms with van der Waals surface area (Å²) in [4.78, 5) is 57.0. The molecule has 1 saturated heterocycles. The largest absolute Gasteiger partial charge is 0.447 e. The predicted octanol–water partition coefficient (Wildman–Crippen LogP) is 8.80. The molecule has 3 aliphatic rings. The van der Waals surface area contributed by atoms with Crippen LogP contribution < -0.4 is 10.6 Å². The van der Waals surface area contributed by atoms with Gasteiger partial charge in [0.1, 0.15) is 11.4 Å². The number of nitrogens with one attached hydrogen (secondary N) is 4. The number of rotatable bonds is 15. The number of H-pyrrole nitrogens is 2. The number of alkyl carbamates (subject to hydrolysis) is 1. The van der Waals surface area contributed by atoms with Crippen molar-refractivity contribution in [1.29, 1.82) is 0 Å². The number of anilines is 1. The molecule has 0 bridgehead atoms. The van der Waals surface area contributed by atoms with Crippen LogP contribution in [0.2, 0.25) is 0 Å². The van der Waals surface area contributed by atoms with E-state index in [-0.39, 0.29) is 30.0 Å². The molecular formula is C50H55N7O4. The van der Waals surface area contributed by atoms with Crippen LogP contribution in [0.25, 0.3) is 33.4 Å². The summed E-state index contributed by atoms with van der Waals surface area (Å²) in [6.07, 6.45) is 5.30. The fourth-order valence-electron chi connectivity index (χ4n) is 9.74. The molecule has 4 aromatic carbocycles. The lowest BCUT2D eigenvalue weighted by molar-refractivity contribution is -0.136. The Morgan fingerprint density at radius 3 is 2.34 bits per heavy atom. The van der Waals surface area contributed by atoms with Gasteiger partial charge in [-0.2, -0.15) is 0 Å². The summed E-state index contributed by atoms with van der Waals surface area (Å²) in [6.45, 7) is 9.82. The van der Waals surface area contributed by atoms with Crippen LogP contribution in [-0.4, -0.2) is 80.5 Å². The minimum Gasteiger partial charge on any atom is -0.447 e. The van der Waals surface area contributed by atoms with Gasteiger partial charge in [-0.3, -0.25) is 14.5 Å². The SMILES string of the molecule is CCCN(CC(=O)Nc1ccc(-c2cc3cc(-c4cnc([C@@]56C[C@@H]5CCN6C(=O)C5(c6ccccc6)CC5NC(=O)OC(C)C)[nH]4)ccc3[nH]2)cc1)C(C)Cc1ccccc1. The molecule has 314 valence electrons. The van der Waals surface area contributed by atoms with Crippen molar-refractivity contribution in [2.24, 2.45) is 5.92 Å². The summed E-state index contributed by atoms with van der Waals surface area (Å²) >= 11 is 0. The molecule has 6 aromatic rings. The zero-order chi connectivity index (χ0) is 42.3. The third-order valence-corrected chi connectivity index (χ3v) is 13.0. The molecule has 11 heteroatoms. The minimum absolute atomic E-state index is 0.0176. The maximum atomic E-state index is 14.8. The second-order valence-corrected chi connectivity index (χ2v) is 17.5. The number of amides is 3. The summed E-state index contributed by atoms with van der Waals surface area (Å²) in [5.74, 6) is 1.16. The van der Waals surface area contributed by atoms with Gasteiger partial charge < -0.3 is 30.2 Å². The van der Waals surface area contributed by atoms with Gasteiger partial charge >= 0.3 is 6.09 Å². The van der Waals surface area contributed by atoms with Crippen molar-refractivity contribution in [3.63, 3.8) is 0 Å². The number of hydrogen-bond donors (Lipinski definition) is 4. The van der Waals surface area contributed by atoms with E-state index in [0.29, 0.717) is 25.4 Å². The van der Waals surface area contributed by atoms with Crippen molar-refractivity contribution in [3.8, 4) is 22.5 Å². The highest BCUT2D eigenvalue weighted by Gasteiger charge is 2.72. The van der Waals surface area contributed by atoms with E-state index in [1.165, 1.54) is 5.56 Å². The number of nitrogens with zero attached hydrogens (tertiary/aromatic N) is 3. The number of benzene rings is 4. The molecule has 0 spiro atoms. The summed E-state index contributed by atoms with van der Waals surface area (Å²) in [5, 5.41) is 7.16. The molecule has 0 radical (unpaired) electrons.